The van der Waals surface area contributed by atoms with E-state index in [1.165, 1.54) is 22.3 Å². The van der Waals surface area contributed by atoms with Crippen molar-refractivity contribution in [1.29, 1.82) is 0 Å². The number of hydrogen-bond donors (Lipinski definition) is 0. The van der Waals surface area contributed by atoms with Crippen molar-refractivity contribution < 1.29 is 18.3 Å². The summed E-state index contributed by atoms with van der Waals surface area (Å²) < 4.78 is 11.1. The zero-order chi connectivity index (χ0) is 15.4. The van der Waals surface area contributed by atoms with Crippen molar-refractivity contribution in [3.63, 3.8) is 0 Å². The van der Waals surface area contributed by atoms with Crippen molar-refractivity contribution in [3.05, 3.63) is 82.9 Å². The molecule has 2 atom stereocenters. The second-order valence-electron chi connectivity index (χ2n) is 7.87. The predicted molar refractivity (Wildman–Crippen MR) is 95.3 cm³/mol. The van der Waals surface area contributed by atoms with Crippen LogP contribution in [-0.4, -0.2) is 4.21 Å². The third kappa shape index (κ3) is 1.95. The van der Waals surface area contributed by atoms with Gasteiger partial charge in [0.15, 0.2) is 0 Å². The third-order valence-electron chi connectivity index (χ3n) is 5.64. The van der Waals surface area contributed by atoms with Gasteiger partial charge >= 0.3 is 134 Å². The van der Waals surface area contributed by atoms with Crippen LogP contribution >= 0.6 is 0 Å². The molecular formula is C21H22Zr. The summed E-state index contributed by atoms with van der Waals surface area (Å²) in [4.78, 5) is 0. The fraction of sp³-hybridized carbons (Fsp3) is 0.190. The second-order valence-corrected chi connectivity index (χ2v) is 25.4. The van der Waals surface area contributed by atoms with Crippen molar-refractivity contribution in [2.24, 2.45) is 0 Å². The van der Waals surface area contributed by atoms with Gasteiger partial charge in [0.2, 0.25) is 0 Å². The number of benzene rings is 2. The minimum atomic E-state index is -3.29. The molecule has 0 fully saturated rings. The minimum absolute atomic E-state index is 0.526. The van der Waals surface area contributed by atoms with Gasteiger partial charge < -0.3 is 0 Å². The quantitative estimate of drug-likeness (QED) is 0.636. The van der Waals surface area contributed by atoms with Crippen LogP contribution in [0.3, 0.4) is 0 Å². The molecule has 0 spiro atoms. The van der Waals surface area contributed by atoms with Crippen LogP contribution in [0.1, 0.15) is 29.5 Å². The summed E-state index contributed by atoms with van der Waals surface area (Å²) in [5, 5.41) is 0. The van der Waals surface area contributed by atoms with Crippen LogP contribution in [0.25, 0.3) is 12.2 Å². The Kier molecular flexibility index (Phi) is 2.98. The molecule has 0 aliphatic heterocycles. The summed E-state index contributed by atoms with van der Waals surface area (Å²) in [5.74, 6) is 0. The van der Waals surface area contributed by atoms with Crippen LogP contribution in [0.4, 0.5) is 0 Å². The first-order valence-corrected chi connectivity index (χ1v) is 17.6. The van der Waals surface area contributed by atoms with Crippen LogP contribution in [0, 0.1) is 0 Å². The first kappa shape index (κ1) is 14.3. The fourth-order valence-electron chi connectivity index (χ4n) is 4.35. The number of allylic oxidation sites excluding steroid dienone is 2. The molecule has 0 nitrogen and oxygen atoms in total. The van der Waals surface area contributed by atoms with E-state index in [-0.39, 0.29) is 0 Å². The molecule has 2 aliphatic carbocycles. The summed E-state index contributed by atoms with van der Waals surface area (Å²) in [6, 6.07) is 17.7. The number of fused-ring (bicyclic) bond motifs is 2. The Morgan fingerprint density at radius 2 is 1.14 bits per heavy atom. The van der Waals surface area contributed by atoms with Crippen molar-refractivity contribution >= 4 is 16.4 Å². The summed E-state index contributed by atoms with van der Waals surface area (Å²) >= 11 is -3.29. The average Bonchev–Trinajstić information content (AvgIpc) is 3.12. The van der Waals surface area contributed by atoms with Gasteiger partial charge in [-0.15, -0.1) is 0 Å². The Labute approximate surface area is 133 Å². The maximum absolute atomic E-state index is 4.97. The molecule has 2 unspecified atom stereocenters. The van der Waals surface area contributed by atoms with E-state index in [0.717, 1.165) is 0 Å². The van der Waals surface area contributed by atoms with Crippen LogP contribution < -0.4 is 0 Å². The molecule has 22 heavy (non-hydrogen) atoms. The van der Waals surface area contributed by atoms with Gasteiger partial charge in [-0.05, 0) is 0 Å². The Hall–Kier alpha value is -1.33. The van der Waals surface area contributed by atoms with Gasteiger partial charge in [-0.25, -0.2) is 0 Å². The van der Waals surface area contributed by atoms with E-state index in [1.54, 1.807) is 0 Å². The van der Waals surface area contributed by atoms with Crippen LogP contribution in [0.15, 0.2) is 60.7 Å². The molecule has 2 aliphatic rings. The summed E-state index contributed by atoms with van der Waals surface area (Å²) in [6.07, 6.45) is 9.46. The van der Waals surface area contributed by atoms with Crippen molar-refractivity contribution in [2.45, 2.75) is 16.5 Å². The molecule has 2 aromatic carbocycles. The molecule has 0 amide bonds. The monoisotopic (exact) mass is 364 g/mol. The van der Waals surface area contributed by atoms with E-state index >= 15 is 0 Å². The van der Waals surface area contributed by atoms with Gasteiger partial charge in [-0.2, -0.15) is 0 Å². The van der Waals surface area contributed by atoms with Crippen molar-refractivity contribution in [3.8, 4) is 0 Å². The fourth-order valence-corrected chi connectivity index (χ4v) is 15.2. The van der Waals surface area contributed by atoms with E-state index in [1.807, 2.05) is 0 Å². The normalized spacial score (nSPS) is 22.7. The summed E-state index contributed by atoms with van der Waals surface area (Å²) in [6.45, 7) is 0. The van der Waals surface area contributed by atoms with E-state index in [0.29, 0.717) is 7.25 Å². The number of rotatable bonds is 2. The average molecular weight is 366 g/mol. The van der Waals surface area contributed by atoms with Crippen LogP contribution in [0.2, 0.25) is 9.26 Å². The predicted octanol–water partition coefficient (Wildman–Crippen LogP) is 5.74. The molecule has 0 radical (unpaired) electrons. The van der Waals surface area contributed by atoms with Gasteiger partial charge in [-0.3, -0.25) is 0 Å². The van der Waals surface area contributed by atoms with E-state index < -0.39 is 18.3 Å². The summed E-state index contributed by atoms with van der Waals surface area (Å²) in [5.41, 5.74) is 5.75. The maximum atomic E-state index is 4.97. The second kappa shape index (κ2) is 4.59. The third-order valence-corrected chi connectivity index (χ3v) is 18.2. The molecule has 0 N–H and O–H groups in total. The van der Waals surface area contributed by atoms with Gasteiger partial charge in [0.05, 0.1) is 0 Å². The standard InChI is InChI=1S/2C9H7.2CH3.CH2.Zr/c2*1-2-5-9-7-3-6-8(9)4-1;;;;/h2*1-7H;2*1H3;1H2;. The molecule has 0 bridgehead atoms. The van der Waals surface area contributed by atoms with Gasteiger partial charge in [-0.1, -0.05) is 0 Å². The number of hydrogen-bond acceptors (Lipinski definition) is 0. The molecule has 4 rings (SSSR count). The zero-order valence-corrected chi connectivity index (χ0v) is 15.7. The van der Waals surface area contributed by atoms with Gasteiger partial charge in [0, 0.05) is 0 Å². The van der Waals surface area contributed by atoms with Crippen LogP contribution in [-0.2, 0) is 18.3 Å². The van der Waals surface area contributed by atoms with Crippen molar-refractivity contribution in [1.82, 2.24) is 0 Å². The Balaban J connectivity index is 1.86. The van der Waals surface area contributed by atoms with E-state index in [2.05, 4.69) is 82.1 Å². The summed E-state index contributed by atoms with van der Waals surface area (Å²) in [7, 11) is 0. The first-order chi connectivity index (χ1) is 10.5. The molecule has 0 heterocycles. The molecule has 1 heteroatoms. The Morgan fingerprint density at radius 1 is 0.727 bits per heavy atom. The topological polar surface area (TPSA) is 0 Å². The molecule has 2 aromatic rings. The first-order valence-electron chi connectivity index (χ1n) is 8.07. The molecular weight excluding hydrogens is 343 g/mol. The van der Waals surface area contributed by atoms with E-state index in [9.17, 15) is 0 Å². The Bertz CT molecular complexity index is 809. The Morgan fingerprint density at radius 3 is 1.59 bits per heavy atom. The van der Waals surface area contributed by atoms with E-state index in [4.69, 9.17) is 4.21 Å². The van der Waals surface area contributed by atoms with Gasteiger partial charge in [0.1, 0.15) is 0 Å². The van der Waals surface area contributed by atoms with Crippen LogP contribution in [0.5, 0.6) is 0 Å². The van der Waals surface area contributed by atoms with Crippen molar-refractivity contribution in [2.75, 3.05) is 0 Å². The molecule has 110 valence electrons. The van der Waals surface area contributed by atoms with Gasteiger partial charge in [0.25, 0.3) is 0 Å². The zero-order valence-electron chi connectivity index (χ0n) is 13.3. The molecule has 0 saturated heterocycles. The molecule has 0 aromatic heterocycles. The SMILES string of the molecule is [CH2]=[Zr]([CH3])([CH3])([CH]1C=Cc2ccccc21)[CH]1C=Cc2ccccc21. The molecule has 0 saturated carbocycles.